The summed E-state index contributed by atoms with van der Waals surface area (Å²) >= 11 is 0. The number of amides is 2. The summed E-state index contributed by atoms with van der Waals surface area (Å²) in [7, 11) is 1.56. The second kappa shape index (κ2) is 7.39. The number of nitrogens with zero attached hydrogens (tertiary/aromatic N) is 1. The fourth-order valence-corrected chi connectivity index (χ4v) is 2.82. The molecule has 1 aliphatic rings. The molecule has 26 heavy (non-hydrogen) atoms. The van der Waals surface area contributed by atoms with Crippen molar-refractivity contribution in [3.8, 4) is 5.75 Å². The average Bonchev–Trinajstić information content (AvgIpc) is 2.88. The van der Waals surface area contributed by atoms with Gasteiger partial charge in [-0.3, -0.25) is 14.5 Å². The zero-order valence-electron chi connectivity index (χ0n) is 14.6. The molecule has 0 radical (unpaired) electrons. The van der Waals surface area contributed by atoms with E-state index in [0.29, 0.717) is 35.5 Å². The van der Waals surface area contributed by atoms with Crippen LogP contribution in [-0.2, 0) is 9.59 Å². The van der Waals surface area contributed by atoms with Crippen LogP contribution in [0, 0.1) is 5.82 Å². The summed E-state index contributed by atoms with van der Waals surface area (Å²) in [6.07, 6.45) is 0.664. The number of hydrogen-bond donors (Lipinski definition) is 1. The highest BCUT2D eigenvalue weighted by Gasteiger charge is 2.38. The third-order valence-electron chi connectivity index (χ3n) is 4.11. The standard InChI is InChI=1S/C20H19FN2O3/c1-3-12-23-19(24)17(13-4-10-16(26-2)11-5-13)18(20(23)25)22-15-8-6-14(21)7-9-15/h4-11,22H,3,12H2,1-2H3. The van der Waals surface area contributed by atoms with Crippen LogP contribution in [0.5, 0.6) is 5.75 Å². The Morgan fingerprint density at radius 3 is 2.23 bits per heavy atom. The van der Waals surface area contributed by atoms with E-state index in [1.807, 2.05) is 6.92 Å². The summed E-state index contributed by atoms with van der Waals surface area (Å²) in [6.45, 7) is 2.24. The van der Waals surface area contributed by atoms with Crippen LogP contribution in [0.1, 0.15) is 18.9 Å². The maximum Gasteiger partial charge on any atom is 0.278 e. The number of ether oxygens (including phenoxy) is 1. The first-order chi connectivity index (χ1) is 12.5. The number of carbonyl (C=O) groups excluding carboxylic acids is 2. The van der Waals surface area contributed by atoms with E-state index in [0.717, 1.165) is 0 Å². The van der Waals surface area contributed by atoms with Crippen molar-refractivity contribution in [3.63, 3.8) is 0 Å². The van der Waals surface area contributed by atoms with E-state index < -0.39 is 0 Å². The lowest BCUT2D eigenvalue weighted by molar-refractivity contribution is -0.136. The van der Waals surface area contributed by atoms with Crippen LogP contribution < -0.4 is 10.1 Å². The van der Waals surface area contributed by atoms with E-state index >= 15 is 0 Å². The van der Waals surface area contributed by atoms with E-state index in [9.17, 15) is 14.0 Å². The van der Waals surface area contributed by atoms with Crippen molar-refractivity contribution < 1.29 is 18.7 Å². The van der Waals surface area contributed by atoms with Crippen LogP contribution in [0.3, 0.4) is 0 Å². The Bertz CT molecular complexity index is 858. The Hall–Kier alpha value is -3.15. The van der Waals surface area contributed by atoms with Gasteiger partial charge in [-0.15, -0.1) is 0 Å². The van der Waals surface area contributed by atoms with Gasteiger partial charge in [0.1, 0.15) is 17.3 Å². The van der Waals surface area contributed by atoms with Gasteiger partial charge < -0.3 is 10.1 Å². The Morgan fingerprint density at radius 1 is 1.00 bits per heavy atom. The number of anilines is 1. The van der Waals surface area contributed by atoms with E-state index in [1.165, 1.54) is 29.2 Å². The number of carbonyl (C=O) groups is 2. The molecule has 134 valence electrons. The van der Waals surface area contributed by atoms with Crippen molar-refractivity contribution in [2.24, 2.45) is 0 Å². The molecular formula is C20H19FN2O3. The van der Waals surface area contributed by atoms with Gasteiger partial charge in [-0.2, -0.15) is 0 Å². The van der Waals surface area contributed by atoms with Crippen LogP contribution in [0.25, 0.3) is 5.57 Å². The summed E-state index contributed by atoms with van der Waals surface area (Å²) in [4.78, 5) is 26.8. The molecule has 3 rings (SSSR count). The van der Waals surface area contributed by atoms with Gasteiger partial charge in [0.05, 0.1) is 12.7 Å². The first-order valence-corrected chi connectivity index (χ1v) is 8.32. The highest BCUT2D eigenvalue weighted by Crippen LogP contribution is 2.31. The molecule has 1 N–H and O–H groups in total. The number of rotatable bonds is 6. The quantitative estimate of drug-likeness (QED) is 0.808. The molecule has 0 atom stereocenters. The van der Waals surface area contributed by atoms with Crippen molar-refractivity contribution in [3.05, 3.63) is 65.6 Å². The molecule has 0 aliphatic carbocycles. The Labute approximate surface area is 151 Å². The van der Waals surface area contributed by atoms with Gasteiger partial charge in [0.15, 0.2) is 0 Å². The molecule has 0 bridgehead atoms. The number of benzene rings is 2. The average molecular weight is 354 g/mol. The Kier molecular flexibility index (Phi) is 5.02. The minimum atomic E-state index is -0.382. The third-order valence-corrected chi connectivity index (χ3v) is 4.11. The minimum absolute atomic E-state index is 0.195. The fraction of sp³-hybridized carbons (Fsp3) is 0.200. The number of halogens is 1. The maximum absolute atomic E-state index is 13.1. The van der Waals surface area contributed by atoms with Gasteiger partial charge in [-0.05, 0) is 48.4 Å². The lowest BCUT2D eigenvalue weighted by Crippen LogP contribution is -2.33. The smallest absolute Gasteiger partial charge is 0.278 e. The monoisotopic (exact) mass is 354 g/mol. The van der Waals surface area contributed by atoms with E-state index in [1.54, 1.807) is 31.4 Å². The summed E-state index contributed by atoms with van der Waals surface area (Å²) in [5, 5.41) is 2.98. The van der Waals surface area contributed by atoms with Crippen molar-refractivity contribution in [1.29, 1.82) is 0 Å². The topological polar surface area (TPSA) is 58.6 Å². The van der Waals surface area contributed by atoms with Crippen molar-refractivity contribution >= 4 is 23.1 Å². The highest BCUT2D eigenvalue weighted by atomic mass is 19.1. The SMILES string of the molecule is CCCN1C(=O)C(Nc2ccc(F)cc2)=C(c2ccc(OC)cc2)C1=O. The first kappa shape index (κ1) is 17.7. The predicted molar refractivity (Wildman–Crippen MR) is 96.9 cm³/mol. The lowest BCUT2D eigenvalue weighted by Gasteiger charge is -2.13. The summed E-state index contributed by atoms with van der Waals surface area (Å²) in [5.41, 5.74) is 1.65. The van der Waals surface area contributed by atoms with Crippen LogP contribution in [0.2, 0.25) is 0 Å². The summed E-state index contributed by atoms with van der Waals surface area (Å²) in [6, 6.07) is 12.6. The Morgan fingerprint density at radius 2 is 1.65 bits per heavy atom. The van der Waals surface area contributed by atoms with Crippen molar-refractivity contribution in [2.75, 3.05) is 19.0 Å². The van der Waals surface area contributed by atoms with Gasteiger partial charge in [-0.25, -0.2) is 4.39 Å². The summed E-state index contributed by atoms with van der Waals surface area (Å²) in [5.74, 6) is -0.440. The molecule has 0 unspecified atom stereocenters. The maximum atomic E-state index is 13.1. The second-order valence-corrected chi connectivity index (χ2v) is 5.87. The molecule has 0 fully saturated rings. The van der Waals surface area contributed by atoms with Gasteiger partial charge >= 0.3 is 0 Å². The highest BCUT2D eigenvalue weighted by molar-refractivity contribution is 6.36. The zero-order valence-corrected chi connectivity index (χ0v) is 14.6. The molecular weight excluding hydrogens is 335 g/mol. The molecule has 5 nitrogen and oxygen atoms in total. The van der Waals surface area contributed by atoms with Crippen LogP contribution >= 0.6 is 0 Å². The fourth-order valence-electron chi connectivity index (χ4n) is 2.82. The van der Waals surface area contributed by atoms with Gasteiger partial charge in [0.25, 0.3) is 11.8 Å². The molecule has 1 aliphatic heterocycles. The first-order valence-electron chi connectivity index (χ1n) is 8.32. The number of methoxy groups -OCH3 is 1. The molecule has 0 spiro atoms. The van der Waals surface area contributed by atoms with E-state index in [-0.39, 0.29) is 23.3 Å². The van der Waals surface area contributed by atoms with Crippen LogP contribution in [0.4, 0.5) is 10.1 Å². The molecule has 2 aromatic rings. The molecule has 2 amide bonds. The molecule has 6 heteroatoms. The van der Waals surface area contributed by atoms with Gasteiger partial charge in [0.2, 0.25) is 0 Å². The second-order valence-electron chi connectivity index (χ2n) is 5.87. The molecule has 2 aromatic carbocycles. The molecule has 0 saturated carbocycles. The lowest BCUT2D eigenvalue weighted by atomic mass is 10.0. The number of imide groups is 1. The van der Waals surface area contributed by atoms with E-state index in [2.05, 4.69) is 5.32 Å². The number of hydrogen-bond acceptors (Lipinski definition) is 4. The molecule has 0 saturated heterocycles. The zero-order chi connectivity index (χ0) is 18.7. The van der Waals surface area contributed by atoms with Crippen molar-refractivity contribution in [1.82, 2.24) is 4.90 Å². The number of nitrogens with one attached hydrogen (secondary N) is 1. The van der Waals surface area contributed by atoms with Crippen LogP contribution in [0.15, 0.2) is 54.2 Å². The predicted octanol–water partition coefficient (Wildman–Crippen LogP) is 3.44. The van der Waals surface area contributed by atoms with Gasteiger partial charge in [0, 0.05) is 12.2 Å². The van der Waals surface area contributed by atoms with E-state index in [4.69, 9.17) is 4.74 Å². The molecule has 1 heterocycles. The largest absolute Gasteiger partial charge is 0.497 e. The summed E-state index contributed by atoms with van der Waals surface area (Å²) < 4.78 is 18.3. The molecule has 0 aromatic heterocycles. The third kappa shape index (κ3) is 3.31. The van der Waals surface area contributed by atoms with Gasteiger partial charge in [-0.1, -0.05) is 19.1 Å². The van der Waals surface area contributed by atoms with Crippen LogP contribution in [-0.4, -0.2) is 30.4 Å². The van der Waals surface area contributed by atoms with Crippen molar-refractivity contribution in [2.45, 2.75) is 13.3 Å². The Balaban J connectivity index is 2.04. The minimum Gasteiger partial charge on any atom is -0.497 e. The normalized spacial score (nSPS) is 14.2.